The van der Waals surface area contributed by atoms with E-state index in [-0.39, 0.29) is 11.1 Å². The maximum Gasteiger partial charge on any atom is 0.338 e. The second kappa shape index (κ2) is 6.20. The maximum atomic E-state index is 12.2. The van der Waals surface area contributed by atoms with Crippen LogP contribution >= 0.6 is 0 Å². The van der Waals surface area contributed by atoms with E-state index in [1.165, 1.54) is 12.1 Å². The lowest BCUT2D eigenvalue weighted by atomic mass is 10.0. The summed E-state index contributed by atoms with van der Waals surface area (Å²) in [5.74, 6) is -1.67. The predicted octanol–water partition coefficient (Wildman–Crippen LogP) is 3.71. The Morgan fingerprint density at radius 3 is 2.26 bits per heavy atom. The van der Waals surface area contributed by atoms with Crippen LogP contribution in [-0.4, -0.2) is 27.6 Å². The molecule has 0 radical (unpaired) electrons. The zero-order valence-corrected chi connectivity index (χ0v) is 13.6. The molecule has 0 saturated carbocycles. The number of esters is 1. The molecule has 1 N–H and O–H groups in total. The number of rotatable bonds is 3. The Morgan fingerprint density at radius 2 is 1.74 bits per heavy atom. The Hall–Kier alpha value is -2.69. The number of pyridine rings is 1. The molecule has 0 amide bonds. The zero-order chi connectivity index (χ0) is 17.2. The van der Waals surface area contributed by atoms with Crippen LogP contribution < -0.4 is 0 Å². The molecule has 1 aromatic heterocycles. The highest BCUT2D eigenvalue weighted by Gasteiger charge is 2.20. The highest BCUT2D eigenvalue weighted by Crippen LogP contribution is 2.23. The first kappa shape index (κ1) is 16.7. The predicted molar refractivity (Wildman–Crippen MR) is 86.5 cm³/mol. The largest absolute Gasteiger partial charge is 0.478 e. The maximum absolute atomic E-state index is 12.2. The van der Waals surface area contributed by atoms with Gasteiger partial charge in [0.15, 0.2) is 0 Å². The number of aryl methyl sites for hydroxylation is 1. The number of carboxylic acid groups (broad SMARTS) is 1. The van der Waals surface area contributed by atoms with Crippen molar-refractivity contribution in [1.29, 1.82) is 0 Å². The fourth-order valence-corrected chi connectivity index (χ4v) is 1.99. The molecule has 0 saturated heterocycles. The Kier molecular flexibility index (Phi) is 4.50. The molecule has 0 atom stereocenters. The lowest BCUT2D eigenvalue weighted by Gasteiger charge is -2.19. The molecular formula is C18H19NO4. The topological polar surface area (TPSA) is 76.5 Å². The van der Waals surface area contributed by atoms with Gasteiger partial charge in [-0.05, 0) is 57.5 Å². The van der Waals surface area contributed by atoms with Gasteiger partial charge in [-0.15, -0.1) is 0 Å². The number of carbonyl (C=O) groups is 2. The fourth-order valence-electron chi connectivity index (χ4n) is 1.99. The van der Waals surface area contributed by atoms with Gasteiger partial charge < -0.3 is 9.84 Å². The van der Waals surface area contributed by atoms with Crippen molar-refractivity contribution in [3.8, 4) is 11.3 Å². The van der Waals surface area contributed by atoms with E-state index in [4.69, 9.17) is 4.74 Å². The normalized spacial score (nSPS) is 11.1. The van der Waals surface area contributed by atoms with Gasteiger partial charge >= 0.3 is 11.9 Å². The zero-order valence-electron chi connectivity index (χ0n) is 13.6. The minimum absolute atomic E-state index is 0.0192. The molecule has 0 bridgehead atoms. The molecule has 0 fully saturated rings. The summed E-state index contributed by atoms with van der Waals surface area (Å²) in [5, 5.41) is 9.27. The lowest BCUT2D eigenvalue weighted by molar-refractivity contribution is 0.00695. The van der Waals surface area contributed by atoms with Gasteiger partial charge in [0.1, 0.15) is 5.60 Å². The van der Waals surface area contributed by atoms with E-state index >= 15 is 0 Å². The average molecular weight is 313 g/mol. The number of aromatic nitrogens is 1. The molecule has 0 aliphatic carbocycles. The minimum atomic E-state index is -1.11. The average Bonchev–Trinajstić information content (AvgIpc) is 2.45. The molecule has 0 spiro atoms. The van der Waals surface area contributed by atoms with Crippen LogP contribution in [0.1, 0.15) is 47.1 Å². The lowest BCUT2D eigenvalue weighted by Crippen LogP contribution is -2.24. The second-order valence-electron chi connectivity index (χ2n) is 6.33. The molecular weight excluding hydrogens is 294 g/mol. The van der Waals surface area contributed by atoms with Gasteiger partial charge in [-0.3, -0.25) is 4.98 Å². The molecule has 1 heterocycles. The molecule has 1 aromatic carbocycles. The smallest absolute Gasteiger partial charge is 0.338 e. The summed E-state index contributed by atoms with van der Waals surface area (Å²) in [7, 11) is 0. The first-order valence-corrected chi connectivity index (χ1v) is 7.20. The summed E-state index contributed by atoms with van der Waals surface area (Å²) >= 11 is 0. The van der Waals surface area contributed by atoms with Crippen molar-refractivity contribution in [1.82, 2.24) is 4.98 Å². The number of hydrogen-bond acceptors (Lipinski definition) is 4. The monoisotopic (exact) mass is 313 g/mol. The van der Waals surface area contributed by atoms with Crippen LogP contribution in [0.3, 0.4) is 0 Å². The number of nitrogens with zero attached hydrogens (tertiary/aromatic N) is 1. The number of ether oxygens (including phenoxy) is 1. The fraction of sp³-hybridized carbons (Fsp3) is 0.278. The molecule has 2 aromatic rings. The van der Waals surface area contributed by atoms with E-state index < -0.39 is 17.5 Å². The number of carboxylic acids is 1. The SMILES string of the molecule is Cc1ccc(-c2cc(C(=O)O)cc(C(=O)OC(C)(C)C)c2)nc1. The van der Waals surface area contributed by atoms with Gasteiger partial charge in [-0.25, -0.2) is 9.59 Å². The highest BCUT2D eigenvalue weighted by atomic mass is 16.6. The van der Waals surface area contributed by atoms with E-state index in [0.29, 0.717) is 11.3 Å². The van der Waals surface area contributed by atoms with Crippen molar-refractivity contribution in [3.05, 3.63) is 53.2 Å². The summed E-state index contributed by atoms with van der Waals surface area (Å²) < 4.78 is 5.32. The van der Waals surface area contributed by atoms with Crippen LogP contribution in [0.25, 0.3) is 11.3 Å². The minimum Gasteiger partial charge on any atom is -0.478 e. The van der Waals surface area contributed by atoms with E-state index in [2.05, 4.69) is 4.98 Å². The summed E-state index contributed by atoms with van der Waals surface area (Å²) in [6.45, 7) is 7.19. The molecule has 0 aliphatic rings. The standard InChI is InChI=1S/C18H19NO4/c1-11-5-6-15(19-10-11)12-7-13(16(20)21)9-14(8-12)17(22)23-18(2,3)4/h5-10H,1-4H3,(H,20,21). The van der Waals surface area contributed by atoms with E-state index in [1.807, 2.05) is 13.0 Å². The van der Waals surface area contributed by atoms with Gasteiger partial charge in [-0.1, -0.05) is 6.07 Å². The van der Waals surface area contributed by atoms with Crippen LogP contribution in [0.4, 0.5) is 0 Å². The summed E-state index contributed by atoms with van der Waals surface area (Å²) in [6.07, 6.45) is 1.69. The number of carbonyl (C=O) groups excluding carboxylic acids is 1. The van der Waals surface area contributed by atoms with Gasteiger partial charge in [0, 0.05) is 11.8 Å². The number of benzene rings is 1. The molecule has 2 rings (SSSR count). The molecule has 5 nitrogen and oxygen atoms in total. The van der Waals surface area contributed by atoms with Crippen LogP contribution in [0.15, 0.2) is 36.5 Å². The Morgan fingerprint density at radius 1 is 1.09 bits per heavy atom. The van der Waals surface area contributed by atoms with Crippen LogP contribution in [0.5, 0.6) is 0 Å². The Labute approximate surface area is 134 Å². The van der Waals surface area contributed by atoms with Gasteiger partial charge in [0.2, 0.25) is 0 Å². The number of aromatic carboxylic acids is 1. The summed E-state index contributed by atoms with van der Waals surface area (Å²) in [6, 6.07) is 8.07. The summed E-state index contributed by atoms with van der Waals surface area (Å²) in [4.78, 5) is 27.8. The van der Waals surface area contributed by atoms with Crippen molar-refractivity contribution in [2.75, 3.05) is 0 Å². The third-order valence-corrected chi connectivity index (χ3v) is 3.02. The van der Waals surface area contributed by atoms with Crippen molar-refractivity contribution < 1.29 is 19.4 Å². The first-order chi connectivity index (χ1) is 10.7. The van der Waals surface area contributed by atoms with Crippen molar-refractivity contribution in [2.45, 2.75) is 33.3 Å². The molecule has 5 heteroatoms. The van der Waals surface area contributed by atoms with E-state index in [9.17, 15) is 14.7 Å². The quantitative estimate of drug-likeness (QED) is 0.874. The number of hydrogen-bond donors (Lipinski definition) is 1. The van der Waals surface area contributed by atoms with Crippen molar-refractivity contribution >= 4 is 11.9 Å². The van der Waals surface area contributed by atoms with Crippen molar-refractivity contribution in [2.24, 2.45) is 0 Å². The molecule has 0 aliphatic heterocycles. The summed E-state index contributed by atoms with van der Waals surface area (Å²) in [5.41, 5.74) is 1.71. The second-order valence-corrected chi connectivity index (χ2v) is 6.33. The van der Waals surface area contributed by atoms with E-state index in [1.54, 1.807) is 39.1 Å². The Balaban J connectivity index is 2.49. The van der Waals surface area contributed by atoms with Crippen LogP contribution in [0, 0.1) is 6.92 Å². The van der Waals surface area contributed by atoms with Gasteiger partial charge in [0.05, 0.1) is 16.8 Å². The highest BCUT2D eigenvalue weighted by molar-refractivity contribution is 5.96. The Bertz CT molecular complexity index is 743. The van der Waals surface area contributed by atoms with Crippen LogP contribution in [0.2, 0.25) is 0 Å². The third-order valence-electron chi connectivity index (χ3n) is 3.02. The molecule has 23 heavy (non-hydrogen) atoms. The van der Waals surface area contributed by atoms with Crippen LogP contribution in [-0.2, 0) is 4.74 Å². The molecule has 0 unspecified atom stereocenters. The van der Waals surface area contributed by atoms with Gasteiger partial charge in [-0.2, -0.15) is 0 Å². The van der Waals surface area contributed by atoms with E-state index in [0.717, 1.165) is 5.56 Å². The first-order valence-electron chi connectivity index (χ1n) is 7.20. The van der Waals surface area contributed by atoms with Gasteiger partial charge in [0.25, 0.3) is 0 Å². The molecule has 120 valence electrons. The van der Waals surface area contributed by atoms with Crippen molar-refractivity contribution in [3.63, 3.8) is 0 Å². The third kappa shape index (κ3) is 4.39.